The molecular weight excluding hydrogens is 259 g/mol. The number of likely N-dealkylation sites (N-methyl/N-ethyl adjacent to an activating group) is 1. The highest BCUT2D eigenvalue weighted by Gasteiger charge is 2.22. The van der Waals surface area contributed by atoms with Gasteiger partial charge in [0, 0.05) is 13.6 Å². The van der Waals surface area contributed by atoms with Crippen molar-refractivity contribution < 1.29 is 13.9 Å². The van der Waals surface area contributed by atoms with Crippen molar-refractivity contribution in [2.75, 3.05) is 14.2 Å². The molecule has 0 radical (unpaired) electrons. The summed E-state index contributed by atoms with van der Waals surface area (Å²) in [4.78, 5) is 13.7. The molecule has 0 heterocycles. The minimum absolute atomic E-state index is 0.123. The van der Waals surface area contributed by atoms with Crippen LogP contribution in [0.3, 0.4) is 0 Å². The topological polar surface area (TPSA) is 55.6 Å². The van der Waals surface area contributed by atoms with Gasteiger partial charge in [-0.2, -0.15) is 0 Å². The molecule has 0 aliphatic heterocycles. The Balaban J connectivity index is 2.73. The predicted octanol–water partition coefficient (Wildman–Crippen LogP) is 2.17. The van der Waals surface area contributed by atoms with Gasteiger partial charge >= 0.3 is 0 Å². The van der Waals surface area contributed by atoms with Gasteiger partial charge in [-0.3, -0.25) is 4.79 Å². The summed E-state index contributed by atoms with van der Waals surface area (Å²) in [5, 5.41) is 0. The van der Waals surface area contributed by atoms with Crippen LogP contribution in [0.25, 0.3) is 0 Å². The fourth-order valence-electron chi connectivity index (χ4n) is 1.91. The molecule has 0 saturated carbocycles. The van der Waals surface area contributed by atoms with Gasteiger partial charge in [0.2, 0.25) is 5.91 Å². The van der Waals surface area contributed by atoms with Crippen molar-refractivity contribution >= 4 is 5.91 Å². The molecule has 0 saturated heterocycles. The van der Waals surface area contributed by atoms with Crippen molar-refractivity contribution in [1.82, 2.24) is 4.90 Å². The minimum Gasteiger partial charge on any atom is -0.494 e. The normalized spacial score (nSPS) is 13.7. The first-order valence-electron chi connectivity index (χ1n) is 6.73. The van der Waals surface area contributed by atoms with Gasteiger partial charge in [-0.25, -0.2) is 4.39 Å². The number of halogens is 1. The zero-order chi connectivity index (χ0) is 15.3. The third-order valence-corrected chi connectivity index (χ3v) is 3.55. The maximum atomic E-state index is 13.6. The first kappa shape index (κ1) is 16.4. The van der Waals surface area contributed by atoms with Crippen molar-refractivity contribution in [2.45, 2.75) is 32.9 Å². The Hall–Kier alpha value is -1.62. The summed E-state index contributed by atoms with van der Waals surface area (Å²) in [6.07, 6.45) is 0.845. The fraction of sp³-hybridized carbons (Fsp3) is 0.533. The van der Waals surface area contributed by atoms with Crippen LogP contribution in [0.1, 0.15) is 25.8 Å². The third kappa shape index (κ3) is 3.93. The minimum atomic E-state index is -0.520. The molecule has 0 spiro atoms. The molecule has 4 nitrogen and oxygen atoms in total. The van der Waals surface area contributed by atoms with Crippen molar-refractivity contribution in [2.24, 2.45) is 11.7 Å². The van der Waals surface area contributed by atoms with Crippen LogP contribution in [0, 0.1) is 11.7 Å². The number of methoxy groups -OCH3 is 1. The van der Waals surface area contributed by atoms with Gasteiger partial charge in [-0.1, -0.05) is 26.3 Å². The molecule has 20 heavy (non-hydrogen) atoms. The summed E-state index contributed by atoms with van der Waals surface area (Å²) in [5.41, 5.74) is 6.62. The molecule has 0 aromatic heterocycles. The van der Waals surface area contributed by atoms with E-state index < -0.39 is 11.9 Å². The number of carbonyl (C=O) groups is 1. The van der Waals surface area contributed by atoms with Crippen LogP contribution < -0.4 is 10.5 Å². The van der Waals surface area contributed by atoms with E-state index in [0.717, 1.165) is 6.42 Å². The van der Waals surface area contributed by atoms with Crippen LogP contribution in [0.5, 0.6) is 5.75 Å². The van der Waals surface area contributed by atoms with Gasteiger partial charge in [0.25, 0.3) is 0 Å². The smallest absolute Gasteiger partial charge is 0.239 e. The standard InChI is InChI=1S/C15H23FN2O2/c1-5-10(2)14(17)15(19)18(3)9-11-6-7-13(20-4)12(16)8-11/h6-8,10,14H,5,9,17H2,1-4H3/t10-,14-/m0/s1. The lowest BCUT2D eigenvalue weighted by atomic mass is 9.99. The second-order valence-electron chi connectivity index (χ2n) is 5.07. The van der Waals surface area contributed by atoms with Crippen LogP contribution in [0.15, 0.2) is 18.2 Å². The number of rotatable bonds is 6. The zero-order valence-corrected chi connectivity index (χ0v) is 12.5. The Labute approximate surface area is 119 Å². The highest BCUT2D eigenvalue weighted by atomic mass is 19.1. The second kappa shape index (κ2) is 7.24. The van der Waals surface area contributed by atoms with Gasteiger partial charge in [0.1, 0.15) is 0 Å². The number of hydrogen-bond donors (Lipinski definition) is 1. The molecule has 1 aromatic carbocycles. The molecule has 1 rings (SSSR count). The van der Waals surface area contributed by atoms with E-state index in [1.54, 1.807) is 19.2 Å². The van der Waals surface area contributed by atoms with E-state index in [0.29, 0.717) is 12.1 Å². The summed E-state index contributed by atoms with van der Waals surface area (Å²) >= 11 is 0. The Morgan fingerprint density at radius 1 is 1.50 bits per heavy atom. The lowest BCUT2D eigenvalue weighted by Gasteiger charge is -2.24. The molecule has 112 valence electrons. The van der Waals surface area contributed by atoms with Gasteiger partial charge in [-0.05, 0) is 23.6 Å². The molecule has 1 amide bonds. The van der Waals surface area contributed by atoms with Gasteiger partial charge in [-0.15, -0.1) is 0 Å². The van der Waals surface area contributed by atoms with Crippen LogP contribution in [0.2, 0.25) is 0 Å². The SMILES string of the molecule is CC[C@H](C)[C@H](N)C(=O)N(C)Cc1ccc(OC)c(F)c1. The molecule has 2 atom stereocenters. The average molecular weight is 282 g/mol. The summed E-state index contributed by atoms with van der Waals surface area (Å²) in [5.74, 6) is -0.246. The van der Waals surface area contributed by atoms with Crippen molar-refractivity contribution in [3.8, 4) is 5.75 Å². The number of hydrogen-bond acceptors (Lipinski definition) is 3. The highest BCUT2D eigenvalue weighted by Crippen LogP contribution is 2.19. The number of benzene rings is 1. The van der Waals surface area contributed by atoms with Gasteiger partial charge in [0.05, 0.1) is 13.2 Å². The molecule has 2 N–H and O–H groups in total. The van der Waals surface area contributed by atoms with Crippen LogP contribution >= 0.6 is 0 Å². The van der Waals surface area contributed by atoms with E-state index in [2.05, 4.69) is 0 Å². The monoisotopic (exact) mass is 282 g/mol. The van der Waals surface area contributed by atoms with Crippen molar-refractivity contribution in [3.05, 3.63) is 29.6 Å². The van der Waals surface area contributed by atoms with E-state index in [1.165, 1.54) is 18.1 Å². The number of carbonyl (C=O) groups excluding carboxylic acids is 1. The lowest BCUT2D eigenvalue weighted by molar-refractivity contribution is -0.132. The summed E-state index contributed by atoms with van der Waals surface area (Å²) in [6, 6.07) is 4.14. The summed E-state index contributed by atoms with van der Waals surface area (Å²) < 4.78 is 18.5. The Kier molecular flexibility index (Phi) is 5.95. The van der Waals surface area contributed by atoms with Gasteiger partial charge in [0.15, 0.2) is 11.6 Å². The Bertz CT molecular complexity index is 465. The molecular formula is C15H23FN2O2. The average Bonchev–Trinajstić information content (AvgIpc) is 2.44. The maximum Gasteiger partial charge on any atom is 0.239 e. The molecule has 1 aromatic rings. The fourth-order valence-corrected chi connectivity index (χ4v) is 1.91. The Morgan fingerprint density at radius 3 is 2.65 bits per heavy atom. The van der Waals surface area contributed by atoms with Crippen LogP contribution in [-0.2, 0) is 11.3 Å². The van der Waals surface area contributed by atoms with Crippen molar-refractivity contribution in [1.29, 1.82) is 0 Å². The number of amides is 1. The summed E-state index contributed by atoms with van der Waals surface area (Å²) in [6.45, 7) is 4.27. The molecule has 0 aliphatic carbocycles. The number of nitrogens with zero attached hydrogens (tertiary/aromatic N) is 1. The zero-order valence-electron chi connectivity index (χ0n) is 12.5. The Morgan fingerprint density at radius 2 is 2.15 bits per heavy atom. The van der Waals surface area contributed by atoms with E-state index in [9.17, 15) is 9.18 Å². The van der Waals surface area contributed by atoms with Crippen molar-refractivity contribution in [3.63, 3.8) is 0 Å². The molecule has 0 unspecified atom stereocenters. The van der Waals surface area contributed by atoms with Crippen LogP contribution in [0.4, 0.5) is 4.39 Å². The quantitative estimate of drug-likeness (QED) is 0.870. The van der Waals surface area contributed by atoms with E-state index in [1.807, 2.05) is 13.8 Å². The first-order valence-corrected chi connectivity index (χ1v) is 6.73. The second-order valence-corrected chi connectivity index (χ2v) is 5.07. The van der Waals surface area contributed by atoms with Gasteiger partial charge < -0.3 is 15.4 Å². The third-order valence-electron chi connectivity index (χ3n) is 3.55. The number of ether oxygens (including phenoxy) is 1. The largest absolute Gasteiger partial charge is 0.494 e. The van der Waals surface area contributed by atoms with Crippen LogP contribution in [-0.4, -0.2) is 31.0 Å². The lowest BCUT2D eigenvalue weighted by Crippen LogP contribution is -2.45. The highest BCUT2D eigenvalue weighted by molar-refractivity contribution is 5.81. The molecule has 0 fully saturated rings. The predicted molar refractivity (Wildman–Crippen MR) is 76.9 cm³/mol. The molecule has 5 heteroatoms. The summed E-state index contributed by atoms with van der Waals surface area (Å²) in [7, 11) is 3.09. The van der Waals surface area contributed by atoms with E-state index in [-0.39, 0.29) is 17.6 Å². The molecule has 0 bridgehead atoms. The van der Waals surface area contributed by atoms with E-state index >= 15 is 0 Å². The maximum absolute atomic E-state index is 13.6. The first-order chi connectivity index (χ1) is 9.40. The number of nitrogens with two attached hydrogens (primary N) is 1. The molecule has 0 aliphatic rings. The van der Waals surface area contributed by atoms with E-state index in [4.69, 9.17) is 10.5 Å².